The summed E-state index contributed by atoms with van der Waals surface area (Å²) in [7, 11) is -2.30. The third kappa shape index (κ3) is 4.95. The van der Waals surface area contributed by atoms with Crippen molar-refractivity contribution in [3.63, 3.8) is 0 Å². The number of nitrogens with one attached hydrogen (secondary N) is 1. The first-order valence-electron chi connectivity index (χ1n) is 8.03. The first kappa shape index (κ1) is 20.4. The van der Waals surface area contributed by atoms with Crippen LogP contribution in [0.15, 0.2) is 23.1 Å². The molecule has 24 heavy (non-hydrogen) atoms. The lowest BCUT2D eigenvalue weighted by Gasteiger charge is -2.21. The SMILES string of the molecule is CCN(CC)S(=O)(=O)c1cc(C(=O)NCC(C)(C)C)ccc1OC. The fourth-order valence-electron chi connectivity index (χ4n) is 2.17. The number of nitrogens with zero attached hydrogens (tertiary/aromatic N) is 1. The number of benzene rings is 1. The van der Waals surface area contributed by atoms with Crippen molar-refractivity contribution in [1.29, 1.82) is 0 Å². The summed E-state index contributed by atoms with van der Waals surface area (Å²) in [5, 5.41) is 2.82. The maximum atomic E-state index is 12.8. The second-order valence-electron chi connectivity index (χ2n) is 6.70. The Labute approximate surface area is 145 Å². The summed E-state index contributed by atoms with van der Waals surface area (Å²) in [4.78, 5) is 12.3. The van der Waals surface area contributed by atoms with E-state index >= 15 is 0 Å². The molecule has 0 bridgehead atoms. The molecule has 6 nitrogen and oxygen atoms in total. The molecule has 0 unspecified atom stereocenters. The average Bonchev–Trinajstić information content (AvgIpc) is 2.52. The molecular formula is C17H28N2O4S. The Morgan fingerprint density at radius 2 is 1.79 bits per heavy atom. The topological polar surface area (TPSA) is 75.7 Å². The molecule has 0 fully saturated rings. The standard InChI is InChI=1S/C17H28N2O4S/c1-7-19(8-2)24(21,22)15-11-13(9-10-14(15)23-6)16(20)18-12-17(3,4)5/h9-11H,7-8,12H2,1-6H3,(H,18,20). The number of methoxy groups -OCH3 is 1. The van der Waals surface area contributed by atoms with Crippen molar-refractivity contribution in [2.75, 3.05) is 26.7 Å². The molecule has 1 aromatic rings. The minimum atomic E-state index is -3.71. The molecule has 0 saturated carbocycles. The van der Waals surface area contributed by atoms with E-state index < -0.39 is 10.0 Å². The molecule has 0 aliphatic rings. The molecule has 136 valence electrons. The van der Waals surface area contributed by atoms with Crippen LogP contribution in [0.25, 0.3) is 0 Å². The summed E-state index contributed by atoms with van der Waals surface area (Å²) in [5.74, 6) is -0.0714. The number of amides is 1. The van der Waals surface area contributed by atoms with Crippen LogP contribution in [0.5, 0.6) is 5.75 Å². The Balaban J connectivity index is 3.24. The number of carbonyl (C=O) groups is 1. The summed E-state index contributed by atoms with van der Waals surface area (Å²) in [6.07, 6.45) is 0. The number of hydrogen-bond donors (Lipinski definition) is 1. The van der Waals surface area contributed by atoms with Crippen LogP contribution in [0.3, 0.4) is 0 Å². The van der Waals surface area contributed by atoms with Crippen LogP contribution >= 0.6 is 0 Å². The van der Waals surface area contributed by atoms with Crippen LogP contribution in [-0.4, -0.2) is 45.4 Å². The zero-order valence-corrected chi connectivity index (χ0v) is 16.2. The molecule has 1 aromatic carbocycles. The molecule has 7 heteroatoms. The van der Waals surface area contributed by atoms with Gasteiger partial charge in [0.1, 0.15) is 10.6 Å². The third-order valence-electron chi connectivity index (χ3n) is 3.53. The maximum absolute atomic E-state index is 12.8. The minimum Gasteiger partial charge on any atom is -0.495 e. The van der Waals surface area contributed by atoms with Gasteiger partial charge in [0.25, 0.3) is 5.91 Å². The second kappa shape index (κ2) is 7.98. The van der Waals surface area contributed by atoms with Crippen LogP contribution in [0.1, 0.15) is 45.0 Å². The number of carbonyl (C=O) groups excluding carboxylic acids is 1. The largest absolute Gasteiger partial charge is 0.495 e. The van der Waals surface area contributed by atoms with E-state index in [1.165, 1.54) is 23.5 Å². The van der Waals surface area contributed by atoms with E-state index in [0.29, 0.717) is 25.2 Å². The maximum Gasteiger partial charge on any atom is 0.251 e. The molecule has 1 N–H and O–H groups in total. The zero-order chi connectivity index (χ0) is 18.5. The van der Waals surface area contributed by atoms with Gasteiger partial charge >= 0.3 is 0 Å². The molecule has 1 rings (SSSR count). The average molecular weight is 356 g/mol. The number of hydrogen-bond acceptors (Lipinski definition) is 4. The van der Waals surface area contributed by atoms with Gasteiger partial charge < -0.3 is 10.1 Å². The summed E-state index contributed by atoms with van der Waals surface area (Å²) < 4.78 is 32.1. The van der Waals surface area contributed by atoms with Crippen LogP contribution in [0.4, 0.5) is 0 Å². The lowest BCUT2D eigenvalue weighted by molar-refractivity contribution is 0.0939. The van der Waals surface area contributed by atoms with Gasteiger partial charge in [-0.3, -0.25) is 4.79 Å². The van der Waals surface area contributed by atoms with Gasteiger partial charge in [-0.05, 0) is 23.6 Å². The molecule has 0 aliphatic carbocycles. The van der Waals surface area contributed by atoms with E-state index in [-0.39, 0.29) is 22.0 Å². The van der Waals surface area contributed by atoms with Crippen LogP contribution in [-0.2, 0) is 10.0 Å². The Morgan fingerprint density at radius 1 is 1.21 bits per heavy atom. The molecule has 0 spiro atoms. The highest BCUT2D eigenvalue weighted by molar-refractivity contribution is 7.89. The van der Waals surface area contributed by atoms with Crippen molar-refractivity contribution >= 4 is 15.9 Å². The predicted octanol–water partition coefficient (Wildman–Crippen LogP) is 2.50. The highest BCUT2D eigenvalue weighted by atomic mass is 32.2. The third-order valence-corrected chi connectivity index (χ3v) is 5.60. The highest BCUT2D eigenvalue weighted by Crippen LogP contribution is 2.28. The second-order valence-corrected chi connectivity index (χ2v) is 8.60. The number of ether oxygens (including phenoxy) is 1. The van der Waals surface area contributed by atoms with Crippen molar-refractivity contribution in [3.8, 4) is 5.75 Å². The van der Waals surface area contributed by atoms with Crippen molar-refractivity contribution < 1.29 is 17.9 Å². The van der Waals surface area contributed by atoms with Gasteiger partial charge in [-0.25, -0.2) is 8.42 Å². The fraction of sp³-hybridized carbons (Fsp3) is 0.588. The lowest BCUT2D eigenvalue weighted by atomic mass is 9.97. The predicted molar refractivity (Wildman–Crippen MR) is 94.9 cm³/mol. The molecule has 0 atom stereocenters. The van der Waals surface area contributed by atoms with E-state index in [2.05, 4.69) is 5.32 Å². The molecule has 0 aromatic heterocycles. The van der Waals surface area contributed by atoms with Crippen molar-refractivity contribution in [3.05, 3.63) is 23.8 Å². The van der Waals surface area contributed by atoms with Gasteiger partial charge in [-0.2, -0.15) is 4.31 Å². The Kier molecular flexibility index (Phi) is 6.80. The fourth-order valence-corrected chi connectivity index (χ4v) is 3.81. The number of sulfonamides is 1. The molecule has 0 aliphatic heterocycles. The van der Waals surface area contributed by atoms with Crippen molar-refractivity contribution in [2.45, 2.75) is 39.5 Å². The lowest BCUT2D eigenvalue weighted by Crippen LogP contribution is -2.33. The van der Waals surface area contributed by atoms with Gasteiger partial charge in [0.15, 0.2) is 0 Å². The van der Waals surface area contributed by atoms with Gasteiger partial charge in [-0.1, -0.05) is 34.6 Å². The van der Waals surface area contributed by atoms with Crippen LogP contribution in [0.2, 0.25) is 0 Å². The van der Waals surface area contributed by atoms with Crippen molar-refractivity contribution in [1.82, 2.24) is 9.62 Å². The Bertz CT molecular complexity index is 674. The van der Waals surface area contributed by atoms with Gasteiger partial charge in [-0.15, -0.1) is 0 Å². The van der Waals surface area contributed by atoms with E-state index in [1.807, 2.05) is 20.8 Å². The van der Waals surface area contributed by atoms with Gasteiger partial charge in [0, 0.05) is 25.2 Å². The van der Waals surface area contributed by atoms with Gasteiger partial charge in [0.2, 0.25) is 10.0 Å². The molecule has 0 radical (unpaired) electrons. The summed E-state index contributed by atoms with van der Waals surface area (Å²) in [5.41, 5.74) is 0.240. The van der Waals surface area contributed by atoms with Gasteiger partial charge in [0.05, 0.1) is 7.11 Å². The molecule has 0 saturated heterocycles. The first-order chi connectivity index (χ1) is 11.1. The monoisotopic (exact) mass is 356 g/mol. The highest BCUT2D eigenvalue weighted by Gasteiger charge is 2.27. The summed E-state index contributed by atoms with van der Waals surface area (Å²) in [6, 6.07) is 4.46. The molecule has 0 heterocycles. The first-order valence-corrected chi connectivity index (χ1v) is 9.47. The van der Waals surface area contributed by atoms with Crippen LogP contribution < -0.4 is 10.1 Å². The summed E-state index contributed by atoms with van der Waals surface area (Å²) in [6.45, 7) is 10.8. The Morgan fingerprint density at radius 3 is 2.25 bits per heavy atom. The van der Waals surface area contributed by atoms with E-state index in [4.69, 9.17) is 4.74 Å². The van der Waals surface area contributed by atoms with E-state index in [9.17, 15) is 13.2 Å². The van der Waals surface area contributed by atoms with Crippen molar-refractivity contribution in [2.24, 2.45) is 5.41 Å². The van der Waals surface area contributed by atoms with Crippen LogP contribution in [0, 0.1) is 5.41 Å². The van der Waals surface area contributed by atoms with E-state index in [0.717, 1.165) is 0 Å². The number of rotatable bonds is 7. The zero-order valence-electron chi connectivity index (χ0n) is 15.3. The smallest absolute Gasteiger partial charge is 0.251 e. The minimum absolute atomic E-state index is 0.0112. The quantitative estimate of drug-likeness (QED) is 0.814. The normalized spacial score (nSPS) is 12.3. The summed E-state index contributed by atoms with van der Waals surface area (Å²) >= 11 is 0. The Hall–Kier alpha value is -1.60. The molecule has 1 amide bonds. The molecular weight excluding hydrogens is 328 g/mol. The van der Waals surface area contributed by atoms with E-state index in [1.54, 1.807) is 19.9 Å².